The summed E-state index contributed by atoms with van der Waals surface area (Å²) in [5.41, 5.74) is 0.724. The summed E-state index contributed by atoms with van der Waals surface area (Å²) in [5, 5.41) is 14.0. The Morgan fingerprint density at radius 1 is 1.53 bits per heavy atom. The lowest BCUT2D eigenvalue weighted by atomic mass is 10.4. The Bertz CT molecular complexity index is 515. The maximum atomic E-state index is 11.5. The lowest BCUT2D eigenvalue weighted by molar-refractivity contribution is 0.0521. The molecule has 88 valence electrons. The largest absolute Gasteiger partial charge is 0.461 e. The molecule has 2 aromatic rings. The van der Waals surface area contributed by atoms with E-state index in [1.807, 2.05) is 0 Å². The number of carbonyl (C=O) groups is 1. The Balaban J connectivity index is 2.17. The number of imidazole rings is 1. The highest BCUT2D eigenvalue weighted by Gasteiger charge is 2.14. The molecule has 0 aliphatic rings. The summed E-state index contributed by atoms with van der Waals surface area (Å²) >= 11 is 0. The molecular weight excluding hydrogens is 224 g/mol. The van der Waals surface area contributed by atoms with Crippen LogP contribution in [0.5, 0.6) is 0 Å². The Morgan fingerprint density at radius 2 is 2.41 bits per heavy atom. The van der Waals surface area contributed by atoms with E-state index < -0.39 is 5.97 Å². The molecule has 0 saturated carbocycles. The summed E-state index contributed by atoms with van der Waals surface area (Å²) in [6, 6.07) is 0. The van der Waals surface area contributed by atoms with Gasteiger partial charge in [-0.25, -0.2) is 9.78 Å². The van der Waals surface area contributed by atoms with Crippen LogP contribution in [0.2, 0.25) is 0 Å². The molecule has 0 aliphatic carbocycles. The van der Waals surface area contributed by atoms with Crippen molar-refractivity contribution in [2.75, 3.05) is 6.61 Å². The van der Waals surface area contributed by atoms with E-state index >= 15 is 0 Å². The number of aromatic nitrogens is 4. The number of H-pyrrole nitrogens is 2. The number of nitrogens with zero attached hydrogens (tertiary/aromatic N) is 4. The van der Waals surface area contributed by atoms with Crippen molar-refractivity contribution >= 4 is 17.5 Å². The minimum atomic E-state index is -0.508. The van der Waals surface area contributed by atoms with Crippen molar-refractivity contribution < 1.29 is 9.53 Å². The minimum absolute atomic E-state index is 0.180. The number of azo groups is 1. The monoisotopic (exact) mass is 234 g/mol. The Hall–Kier alpha value is -2.51. The van der Waals surface area contributed by atoms with Gasteiger partial charge >= 0.3 is 5.97 Å². The van der Waals surface area contributed by atoms with Crippen molar-refractivity contribution in [1.29, 1.82) is 0 Å². The first kappa shape index (κ1) is 11.0. The summed E-state index contributed by atoms with van der Waals surface area (Å²) in [5.74, 6) is -0.323. The van der Waals surface area contributed by atoms with Gasteiger partial charge in [0.05, 0.1) is 19.1 Å². The van der Waals surface area contributed by atoms with Crippen molar-refractivity contribution in [2.45, 2.75) is 6.92 Å². The molecule has 0 spiro atoms. The summed E-state index contributed by atoms with van der Waals surface area (Å²) in [6.45, 7) is 2.01. The second-order valence-electron chi connectivity index (χ2n) is 2.98. The molecule has 0 aliphatic heterocycles. The first-order valence-electron chi connectivity index (χ1n) is 4.92. The third-order valence-electron chi connectivity index (χ3n) is 1.84. The topological polar surface area (TPSA) is 108 Å². The summed E-state index contributed by atoms with van der Waals surface area (Å²) in [7, 11) is 0. The van der Waals surface area contributed by atoms with Crippen LogP contribution in [0.25, 0.3) is 0 Å². The van der Waals surface area contributed by atoms with Gasteiger partial charge in [-0.05, 0) is 6.92 Å². The van der Waals surface area contributed by atoms with Crippen LogP contribution in [0.4, 0.5) is 11.5 Å². The fourth-order valence-corrected chi connectivity index (χ4v) is 1.12. The highest BCUT2D eigenvalue weighted by Crippen LogP contribution is 2.18. The maximum Gasteiger partial charge on any atom is 0.358 e. The zero-order valence-electron chi connectivity index (χ0n) is 9.04. The molecule has 0 saturated heterocycles. The number of hydrogen-bond donors (Lipinski definition) is 2. The number of aromatic amines is 2. The van der Waals surface area contributed by atoms with Crippen LogP contribution in [0, 0.1) is 0 Å². The zero-order chi connectivity index (χ0) is 12.1. The molecule has 2 heterocycles. The molecule has 0 fully saturated rings. The van der Waals surface area contributed by atoms with Crippen LogP contribution in [-0.2, 0) is 4.74 Å². The van der Waals surface area contributed by atoms with E-state index in [2.05, 4.69) is 30.4 Å². The second kappa shape index (κ2) is 5.01. The van der Waals surface area contributed by atoms with Gasteiger partial charge in [-0.15, -0.1) is 10.2 Å². The Labute approximate surface area is 96.1 Å². The smallest absolute Gasteiger partial charge is 0.358 e. The van der Waals surface area contributed by atoms with Crippen molar-refractivity contribution in [3.63, 3.8) is 0 Å². The van der Waals surface area contributed by atoms with Gasteiger partial charge in [0, 0.05) is 6.20 Å². The zero-order valence-corrected chi connectivity index (χ0v) is 9.04. The highest BCUT2D eigenvalue weighted by atomic mass is 16.5. The van der Waals surface area contributed by atoms with Gasteiger partial charge in [0.15, 0.2) is 5.69 Å². The quantitative estimate of drug-likeness (QED) is 0.620. The molecule has 17 heavy (non-hydrogen) atoms. The first-order chi connectivity index (χ1) is 8.31. The van der Waals surface area contributed by atoms with Gasteiger partial charge in [-0.2, -0.15) is 5.10 Å². The van der Waals surface area contributed by atoms with Gasteiger partial charge in [0.25, 0.3) is 0 Å². The molecular formula is C9H10N6O2. The van der Waals surface area contributed by atoms with E-state index in [0.29, 0.717) is 5.69 Å². The highest BCUT2D eigenvalue weighted by molar-refractivity contribution is 5.91. The average Bonchev–Trinajstić information content (AvgIpc) is 2.98. The lowest BCUT2D eigenvalue weighted by Gasteiger charge is -1.98. The summed E-state index contributed by atoms with van der Waals surface area (Å²) in [6.07, 6.45) is 4.43. The van der Waals surface area contributed by atoms with E-state index in [0.717, 1.165) is 0 Å². The normalized spacial score (nSPS) is 10.9. The van der Waals surface area contributed by atoms with Gasteiger partial charge in [0.1, 0.15) is 5.69 Å². The van der Waals surface area contributed by atoms with Gasteiger partial charge < -0.3 is 9.72 Å². The Morgan fingerprint density at radius 3 is 3.12 bits per heavy atom. The molecule has 2 aromatic heterocycles. The SMILES string of the molecule is CCOC(=O)c1[nH]cnc1N=Nc1cn[nH]c1. The van der Waals surface area contributed by atoms with E-state index in [1.54, 1.807) is 13.1 Å². The van der Waals surface area contributed by atoms with Crippen LogP contribution in [-0.4, -0.2) is 32.7 Å². The van der Waals surface area contributed by atoms with Crippen LogP contribution >= 0.6 is 0 Å². The maximum absolute atomic E-state index is 11.5. The van der Waals surface area contributed by atoms with Crippen molar-refractivity contribution in [1.82, 2.24) is 20.2 Å². The predicted octanol–water partition coefficient (Wildman–Crippen LogP) is 1.72. The van der Waals surface area contributed by atoms with Crippen molar-refractivity contribution in [3.05, 3.63) is 24.4 Å². The molecule has 0 atom stereocenters. The van der Waals surface area contributed by atoms with E-state index in [9.17, 15) is 4.79 Å². The number of carbonyl (C=O) groups excluding carboxylic acids is 1. The molecule has 8 heteroatoms. The average molecular weight is 234 g/mol. The summed E-state index contributed by atoms with van der Waals surface area (Å²) in [4.78, 5) is 18.0. The molecule has 8 nitrogen and oxygen atoms in total. The molecule has 0 bridgehead atoms. The van der Waals surface area contributed by atoms with Gasteiger partial charge in [-0.1, -0.05) is 0 Å². The Kier molecular flexibility index (Phi) is 3.24. The minimum Gasteiger partial charge on any atom is -0.461 e. The molecule has 0 radical (unpaired) electrons. The van der Waals surface area contributed by atoms with E-state index in [1.165, 1.54) is 12.5 Å². The predicted molar refractivity (Wildman–Crippen MR) is 57.3 cm³/mol. The van der Waals surface area contributed by atoms with Crippen LogP contribution in [0.1, 0.15) is 17.4 Å². The standard InChI is InChI=1S/C9H10N6O2/c1-2-17-9(16)7-8(11-5-10-7)15-14-6-3-12-13-4-6/h3-5H,2H2,1H3,(H,10,11)(H,12,13). The summed E-state index contributed by atoms with van der Waals surface area (Å²) < 4.78 is 4.83. The van der Waals surface area contributed by atoms with E-state index in [4.69, 9.17) is 4.74 Å². The lowest BCUT2D eigenvalue weighted by Crippen LogP contribution is -2.04. The molecule has 0 amide bonds. The fraction of sp³-hybridized carbons (Fsp3) is 0.222. The van der Waals surface area contributed by atoms with Crippen molar-refractivity contribution in [3.8, 4) is 0 Å². The van der Waals surface area contributed by atoms with E-state index in [-0.39, 0.29) is 18.1 Å². The molecule has 0 aromatic carbocycles. The first-order valence-corrected chi connectivity index (χ1v) is 4.92. The van der Waals surface area contributed by atoms with Crippen LogP contribution in [0.3, 0.4) is 0 Å². The number of esters is 1. The van der Waals surface area contributed by atoms with Crippen LogP contribution < -0.4 is 0 Å². The van der Waals surface area contributed by atoms with Gasteiger partial charge in [-0.3, -0.25) is 5.10 Å². The molecule has 0 unspecified atom stereocenters. The third-order valence-corrected chi connectivity index (χ3v) is 1.84. The number of ether oxygens (including phenoxy) is 1. The van der Waals surface area contributed by atoms with Crippen molar-refractivity contribution in [2.24, 2.45) is 10.2 Å². The molecule has 2 rings (SSSR count). The fourth-order valence-electron chi connectivity index (χ4n) is 1.12. The number of rotatable bonds is 4. The molecule has 2 N–H and O–H groups in total. The van der Waals surface area contributed by atoms with Crippen LogP contribution in [0.15, 0.2) is 28.9 Å². The van der Waals surface area contributed by atoms with Gasteiger partial charge in [0.2, 0.25) is 5.82 Å². The number of hydrogen-bond acceptors (Lipinski definition) is 6. The third kappa shape index (κ3) is 2.54. The number of nitrogens with one attached hydrogen (secondary N) is 2. The second-order valence-corrected chi connectivity index (χ2v) is 2.98.